The van der Waals surface area contributed by atoms with Gasteiger partial charge in [0.05, 0.1) is 0 Å². The molecule has 2 amide bonds. The molecule has 1 aliphatic rings. The Kier molecular flexibility index (Phi) is 4.43. The van der Waals surface area contributed by atoms with Gasteiger partial charge in [0, 0.05) is 28.0 Å². The fourth-order valence-corrected chi connectivity index (χ4v) is 2.36. The Morgan fingerprint density at radius 1 is 1.17 bits per heavy atom. The minimum atomic E-state index is -0.340. The largest absolute Gasteiger partial charge is 0.349 e. The van der Waals surface area contributed by atoms with Crippen LogP contribution in [-0.2, 0) is 0 Å². The molecule has 1 aliphatic carbocycles. The molecule has 0 aliphatic heterocycles. The third kappa shape index (κ3) is 3.96. The molecule has 0 atom stereocenters. The van der Waals surface area contributed by atoms with E-state index in [1.54, 1.807) is 12.1 Å². The van der Waals surface area contributed by atoms with Crippen molar-refractivity contribution in [2.24, 2.45) is 0 Å². The van der Waals surface area contributed by atoms with Crippen molar-refractivity contribution in [3.05, 3.63) is 57.8 Å². The summed E-state index contributed by atoms with van der Waals surface area (Å²) >= 11 is 3.42. The van der Waals surface area contributed by atoms with Gasteiger partial charge in [0.1, 0.15) is 5.69 Å². The number of carbonyl (C=O) groups is 2. The Morgan fingerprint density at radius 3 is 2.65 bits per heavy atom. The third-order valence-electron chi connectivity index (χ3n) is 3.58. The lowest BCUT2D eigenvalue weighted by Crippen LogP contribution is -2.26. The van der Waals surface area contributed by atoms with Crippen molar-refractivity contribution in [3.63, 3.8) is 0 Å². The predicted molar refractivity (Wildman–Crippen MR) is 91.6 cm³/mol. The SMILES string of the molecule is Cc1cc(NC(=O)c2cc(C(=O)NC3CC3)ccn2)ccc1Br. The van der Waals surface area contributed by atoms with Crippen LogP contribution in [0.4, 0.5) is 5.69 Å². The number of nitrogens with zero attached hydrogens (tertiary/aromatic N) is 1. The van der Waals surface area contributed by atoms with Crippen LogP contribution in [0.5, 0.6) is 0 Å². The number of hydrogen-bond donors (Lipinski definition) is 2. The second-order valence-corrected chi connectivity index (χ2v) is 6.45. The summed E-state index contributed by atoms with van der Waals surface area (Å²) in [5, 5.41) is 5.69. The van der Waals surface area contributed by atoms with E-state index in [0.717, 1.165) is 22.9 Å². The zero-order valence-corrected chi connectivity index (χ0v) is 14.2. The maximum Gasteiger partial charge on any atom is 0.274 e. The number of rotatable bonds is 4. The summed E-state index contributed by atoms with van der Waals surface area (Å²) < 4.78 is 0.979. The van der Waals surface area contributed by atoms with Crippen LogP contribution in [0, 0.1) is 6.92 Å². The topological polar surface area (TPSA) is 71.1 Å². The third-order valence-corrected chi connectivity index (χ3v) is 4.47. The maximum atomic E-state index is 12.3. The van der Waals surface area contributed by atoms with E-state index in [2.05, 4.69) is 31.5 Å². The zero-order chi connectivity index (χ0) is 16.4. The average molecular weight is 374 g/mol. The van der Waals surface area contributed by atoms with Crippen LogP contribution in [0.15, 0.2) is 41.0 Å². The predicted octanol–water partition coefficient (Wildman–Crippen LogP) is 3.30. The Labute approximate surface area is 142 Å². The molecule has 1 aromatic heterocycles. The number of anilines is 1. The van der Waals surface area contributed by atoms with Crippen molar-refractivity contribution < 1.29 is 9.59 Å². The molecule has 0 saturated heterocycles. The molecule has 118 valence electrons. The molecule has 0 bridgehead atoms. The molecule has 2 aromatic rings. The highest BCUT2D eigenvalue weighted by Gasteiger charge is 2.24. The Balaban J connectivity index is 1.73. The first-order valence-corrected chi connectivity index (χ1v) is 8.16. The van der Waals surface area contributed by atoms with Crippen molar-refractivity contribution in [2.75, 3.05) is 5.32 Å². The summed E-state index contributed by atoms with van der Waals surface area (Å²) in [7, 11) is 0. The first kappa shape index (κ1) is 15.7. The van der Waals surface area contributed by atoms with Crippen LogP contribution in [0.1, 0.15) is 39.3 Å². The fraction of sp³-hybridized carbons (Fsp3) is 0.235. The van der Waals surface area contributed by atoms with Crippen LogP contribution in [0.25, 0.3) is 0 Å². The van der Waals surface area contributed by atoms with Crippen LogP contribution < -0.4 is 10.6 Å². The number of nitrogens with one attached hydrogen (secondary N) is 2. The van der Waals surface area contributed by atoms with Crippen molar-refractivity contribution >= 4 is 33.4 Å². The van der Waals surface area contributed by atoms with E-state index in [1.807, 2.05) is 19.1 Å². The molecule has 0 radical (unpaired) electrons. The summed E-state index contributed by atoms with van der Waals surface area (Å²) in [5.41, 5.74) is 2.37. The van der Waals surface area contributed by atoms with Gasteiger partial charge in [-0.25, -0.2) is 0 Å². The van der Waals surface area contributed by atoms with Crippen molar-refractivity contribution in [3.8, 4) is 0 Å². The number of hydrogen-bond acceptors (Lipinski definition) is 3. The summed E-state index contributed by atoms with van der Waals surface area (Å²) in [6.45, 7) is 1.95. The average Bonchev–Trinajstić information content (AvgIpc) is 3.35. The lowest BCUT2D eigenvalue weighted by Gasteiger charge is -2.08. The summed E-state index contributed by atoms with van der Waals surface area (Å²) in [6, 6.07) is 8.94. The van der Waals surface area contributed by atoms with E-state index in [1.165, 1.54) is 12.3 Å². The first-order valence-electron chi connectivity index (χ1n) is 7.37. The van der Waals surface area contributed by atoms with Gasteiger partial charge in [0.2, 0.25) is 0 Å². The molecular weight excluding hydrogens is 358 g/mol. The molecule has 1 saturated carbocycles. The molecule has 6 heteroatoms. The molecule has 0 spiro atoms. The molecular formula is C17H16BrN3O2. The molecule has 23 heavy (non-hydrogen) atoms. The van der Waals surface area contributed by atoms with Gasteiger partial charge in [0.15, 0.2) is 0 Å². The number of pyridine rings is 1. The zero-order valence-electron chi connectivity index (χ0n) is 12.6. The number of benzene rings is 1. The second kappa shape index (κ2) is 6.50. The van der Waals surface area contributed by atoms with Gasteiger partial charge in [-0.1, -0.05) is 15.9 Å². The van der Waals surface area contributed by atoms with Crippen LogP contribution in [-0.4, -0.2) is 22.8 Å². The normalized spacial score (nSPS) is 13.5. The molecule has 1 heterocycles. The van der Waals surface area contributed by atoms with Gasteiger partial charge < -0.3 is 10.6 Å². The fourth-order valence-electron chi connectivity index (χ4n) is 2.11. The van der Waals surface area contributed by atoms with Crippen molar-refractivity contribution in [1.82, 2.24) is 10.3 Å². The number of aromatic nitrogens is 1. The van der Waals surface area contributed by atoms with E-state index in [9.17, 15) is 9.59 Å². The Morgan fingerprint density at radius 2 is 1.96 bits per heavy atom. The summed E-state index contributed by atoms with van der Waals surface area (Å²) in [6.07, 6.45) is 3.52. The Bertz CT molecular complexity index is 772. The summed E-state index contributed by atoms with van der Waals surface area (Å²) in [4.78, 5) is 28.4. The highest BCUT2D eigenvalue weighted by molar-refractivity contribution is 9.10. The van der Waals surface area contributed by atoms with Crippen molar-refractivity contribution in [2.45, 2.75) is 25.8 Å². The van der Waals surface area contributed by atoms with E-state index < -0.39 is 0 Å². The van der Waals surface area contributed by atoms with Crippen LogP contribution in [0.3, 0.4) is 0 Å². The van der Waals surface area contributed by atoms with E-state index >= 15 is 0 Å². The van der Waals surface area contributed by atoms with E-state index in [0.29, 0.717) is 11.3 Å². The number of halogens is 1. The van der Waals surface area contributed by atoms with Gasteiger partial charge in [-0.3, -0.25) is 14.6 Å². The number of amides is 2. The van der Waals surface area contributed by atoms with Gasteiger partial charge in [-0.15, -0.1) is 0 Å². The van der Waals surface area contributed by atoms with E-state index in [4.69, 9.17) is 0 Å². The molecule has 3 rings (SSSR count). The standard InChI is InChI=1S/C17H16BrN3O2/c1-10-8-13(4-5-14(10)18)21-17(23)15-9-11(6-7-19-15)16(22)20-12-2-3-12/h4-9,12H,2-3H2,1H3,(H,20,22)(H,21,23). The van der Waals surface area contributed by atoms with Gasteiger partial charge in [0.25, 0.3) is 11.8 Å². The molecule has 0 unspecified atom stereocenters. The van der Waals surface area contributed by atoms with Gasteiger partial charge in [-0.05, 0) is 55.7 Å². The van der Waals surface area contributed by atoms with Gasteiger partial charge >= 0.3 is 0 Å². The molecule has 5 nitrogen and oxygen atoms in total. The minimum Gasteiger partial charge on any atom is -0.349 e. The number of aryl methyl sites for hydroxylation is 1. The lowest BCUT2D eigenvalue weighted by atomic mass is 10.2. The highest BCUT2D eigenvalue weighted by Crippen LogP contribution is 2.21. The number of carbonyl (C=O) groups excluding carboxylic acids is 2. The quantitative estimate of drug-likeness (QED) is 0.863. The van der Waals surface area contributed by atoms with Crippen LogP contribution in [0.2, 0.25) is 0 Å². The van der Waals surface area contributed by atoms with Gasteiger partial charge in [-0.2, -0.15) is 0 Å². The molecule has 2 N–H and O–H groups in total. The van der Waals surface area contributed by atoms with Crippen LogP contribution >= 0.6 is 15.9 Å². The van der Waals surface area contributed by atoms with E-state index in [-0.39, 0.29) is 23.6 Å². The maximum absolute atomic E-state index is 12.3. The molecule has 1 aromatic carbocycles. The summed E-state index contributed by atoms with van der Waals surface area (Å²) in [5.74, 6) is -0.503. The monoisotopic (exact) mass is 373 g/mol. The Hall–Kier alpha value is -2.21. The smallest absolute Gasteiger partial charge is 0.274 e. The van der Waals surface area contributed by atoms with Crippen molar-refractivity contribution in [1.29, 1.82) is 0 Å². The highest BCUT2D eigenvalue weighted by atomic mass is 79.9. The second-order valence-electron chi connectivity index (χ2n) is 5.60. The lowest BCUT2D eigenvalue weighted by molar-refractivity contribution is 0.0951. The minimum absolute atomic E-state index is 0.163. The molecule has 1 fully saturated rings. The first-order chi connectivity index (χ1) is 11.0.